The first-order valence-corrected chi connectivity index (χ1v) is 5.46. The minimum Gasteiger partial charge on any atom is -0.324 e. The lowest BCUT2D eigenvalue weighted by atomic mass is 9.78. The molecular weight excluding hydrogens is 233 g/mol. The number of carbonyl (C=O) groups excluding carboxylic acids is 1. The Morgan fingerprint density at radius 2 is 1.87 bits per heavy atom. The predicted molar refractivity (Wildman–Crippen MR) is 62.7 cm³/mol. The highest BCUT2D eigenvalue weighted by atomic mass is 35.5. The second kappa shape index (κ2) is 3.39. The lowest BCUT2D eigenvalue weighted by molar-refractivity contribution is -0.117. The molecule has 1 aliphatic heterocycles. The third kappa shape index (κ3) is 1.72. The fourth-order valence-corrected chi connectivity index (χ4v) is 2.63. The van der Waals surface area contributed by atoms with Crippen molar-refractivity contribution in [2.75, 3.05) is 5.32 Å². The Labute approximate surface area is 98.6 Å². The molecule has 0 radical (unpaired) electrons. The van der Waals surface area contributed by atoms with Crippen molar-refractivity contribution in [3.8, 4) is 0 Å². The Bertz CT molecular complexity index is 440. The van der Waals surface area contributed by atoms with Crippen molar-refractivity contribution in [2.24, 2.45) is 0 Å². The van der Waals surface area contributed by atoms with Crippen LogP contribution in [0, 0.1) is 0 Å². The van der Waals surface area contributed by atoms with E-state index in [4.69, 9.17) is 23.2 Å². The van der Waals surface area contributed by atoms with E-state index in [0.717, 1.165) is 5.56 Å². The van der Waals surface area contributed by atoms with Gasteiger partial charge in [-0.1, -0.05) is 37.0 Å². The van der Waals surface area contributed by atoms with Crippen LogP contribution in [0.1, 0.15) is 25.8 Å². The van der Waals surface area contributed by atoms with Crippen molar-refractivity contribution in [1.29, 1.82) is 0 Å². The molecule has 0 aromatic heterocycles. The summed E-state index contributed by atoms with van der Waals surface area (Å²) in [5, 5.41) is 3.96. The third-order valence-electron chi connectivity index (χ3n) is 2.65. The number of halogens is 2. The summed E-state index contributed by atoms with van der Waals surface area (Å²) in [5.41, 5.74) is 1.32. The predicted octanol–water partition coefficient (Wildman–Crippen LogP) is 3.61. The highest BCUT2D eigenvalue weighted by Crippen LogP contribution is 2.44. The van der Waals surface area contributed by atoms with E-state index in [0.29, 0.717) is 22.2 Å². The average Bonchev–Trinajstić information content (AvgIpc) is 2.09. The van der Waals surface area contributed by atoms with Gasteiger partial charge in [-0.15, -0.1) is 0 Å². The van der Waals surface area contributed by atoms with Crippen molar-refractivity contribution in [3.63, 3.8) is 0 Å². The van der Waals surface area contributed by atoms with Crippen LogP contribution in [0.15, 0.2) is 12.1 Å². The summed E-state index contributed by atoms with van der Waals surface area (Å²) in [4.78, 5) is 11.5. The van der Waals surface area contributed by atoms with E-state index in [1.807, 2.05) is 13.8 Å². The number of nitrogens with one attached hydrogen (secondary N) is 1. The van der Waals surface area contributed by atoms with Crippen LogP contribution in [0.25, 0.3) is 0 Å². The lowest BCUT2D eigenvalue weighted by Crippen LogP contribution is -2.33. The van der Waals surface area contributed by atoms with E-state index >= 15 is 0 Å². The summed E-state index contributed by atoms with van der Waals surface area (Å²) < 4.78 is 0. The van der Waals surface area contributed by atoms with Crippen LogP contribution < -0.4 is 5.32 Å². The van der Waals surface area contributed by atoms with Gasteiger partial charge in [-0.3, -0.25) is 4.79 Å². The summed E-state index contributed by atoms with van der Waals surface area (Å²) in [6, 6.07) is 3.46. The van der Waals surface area contributed by atoms with E-state index < -0.39 is 0 Å². The fraction of sp³-hybridized carbons (Fsp3) is 0.364. The Balaban J connectivity index is 2.71. The highest BCUT2D eigenvalue weighted by Gasteiger charge is 2.34. The molecule has 0 aliphatic carbocycles. The number of carbonyl (C=O) groups is 1. The normalized spacial score (nSPS) is 18.3. The van der Waals surface area contributed by atoms with Gasteiger partial charge in [0.25, 0.3) is 0 Å². The molecule has 0 unspecified atom stereocenters. The molecule has 1 aromatic carbocycles. The van der Waals surface area contributed by atoms with Crippen molar-refractivity contribution in [2.45, 2.75) is 25.7 Å². The van der Waals surface area contributed by atoms with E-state index in [9.17, 15) is 4.79 Å². The van der Waals surface area contributed by atoms with Gasteiger partial charge in [-0.2, -0.15) is 0 Å². The maximum atomic E-state index is 11.5. The first-order chi connectivity index (χ1) is 6.92. The van der Waals surface area contributed by atoms with Crippen LogP contribution in [-0.2, 0) is 10.2 Å². The van der Waals surface area contributed by atoms with E-state index in [1.165, 1.54) is 0 Å². The van der Waals surface area contributed by atoms with Crippen LogP contribution in [-0.4, -0.2) is 5.91 Å². The van der Waals surface area contributed by atoms with Crippen LogP contribution in [0.3, 0.4) is 0 Å². The van der Waals surface area contributed by atoms with Gasteiger partial charge in [-0.05, 0) is 12.1 Å². The SMILES string of the molecule is CC1(C)CC(=O)Nc2c(Cl)ccc(Cl)c21. The van der Waals surface area contributed by atoms with Crippen molar-refractivity contribution >= 4 is 34.8 Å². The zero-order valence-corrected chi connectivity index (χ0v) is 10.0. The number of rotatable bonds is 0. The molecule has 0 atom stereocenters. The van der Waals surface area contributed by atoms with Gasteiger partial charge in [0.2, 0.25) is 5.91 Å². The molecule has 1 amide bonds. The van der Waals surface area contributed by atoms with Gasteiger partial charge >= 0.3 is 0 Å². The summed E-state index contributed by atoms with van der Waals surface area (Å²) in [6.07, 6.45) is 0.431. The van der Waals surface area contributed by atoms with E-state index in [2.05, 4.69) is 5.32 Å². The van der Waals surface area contributed by atoms with Gasteiger partial charge in [-0.25, -0.2) is 0 Å². The molecule has 2 nitrogen and oxygen atoms in total. The molecule has 4 heteroatoms. The first kappa shape index (κ1) is 10.8. The molecular formula is C11H11Cl2NO. The third-order valence-corrected chi connectivity index (χ3v) is 3.28. The van der Waals surface area contributed by atoms with Gasteiger partial charge < -0.3 is 5.32 Å². The molecule has 0 fully saturated rings. The van der Waals surface area contributed by atoms with Crippen molar-refractivity contribution in [3.05, 3.63) is 27.7 Å². The van der Waals surface area contributed by atoms with Gasteiger partial charge in [0.05, 0.1) is 10.7 Å². The Morgan fingerprint density at radius 3 is 2.53 bits per heavy atom. The first-order valence-electron chi connectivity index (χ1n) is 4.70. The van der Waals surface area contributed by atoms with Crippen LogP contribution in [0.5, 0.6) is 0 Å². The molecule has 2 rings (SSSR count). The molecule has 1 aromatic rings. The van der Waals surface area contributed by atoms with E-state index in [-0.39, 0.29) is 11.3 Å². The topological polar surface area (TPSA) is 29.1 Å². The molecule has 1 N–H and O–H groups in total. The summed E-state index contributed by atoms with van der Waals surface area (Å²) >= 11 is 12.2. The summed E-state index contributed by atoms with van der Waals surface area (Å²) in [6.45, 7) is 3.99. The number of hydrogen-bond acceptors (Lipinski definition) is 1. The average molecular weight is 244 g/mol. The fourth-order valence-electron chi connectivity index (χ4n) is 2.01. The Hall–Kier alpha value is -0.730. The van der Waals surface area contributed by atoms with Gasteiger partial charge in [0.1, 0.15) is 0 Å². The monoisotopic (exact) mass is 243 g/mol. The minimum atomic E-state index is -0.264. The van der Waals surface area contributed by atoms with Gasteiger partial charge in [0.15, 0.2) is 0 Å². The molecule has 0 saturated carbocycles. The maximum Gasteiger partial charge on any atom is 0.225 e. The van der Waals surface area contributed by atoms with Crippen LogP contribution in [0.4, 0.5) is 5.69 Å². The maximum absolute atomic E-state index is 11.5. The molecule has 0 saturated heterocycles. The second-order valence-corrected chi connectivity index (χ2v) is 5.20. The zero-order valence-electron chi connectivity index (χ0n) is 8.53. The molecule has 15 heavy (non-hydrogen) atoms. The number of fused-ring (bicyclic) bond motifs is 1. The standard InChI is InChI=1S/C11H11Cl2NO/c1-11(2)5-8(15)14-10-7(13)4-3-6(12)9(10)11/h3-4H,5H2,1-2H3,(H,14,15). The minimum absolute atomic E-state index is 0.0170. The summed E-state index contributed by atoms with van der Waals surface area (Å²) in [7, 11) is 0. The lowest BCUT2D eigenvalue weighted by Gasteiger charge is -2.33. The quantitative estimate of drug-likeness (QED) is 0.742. The number of anilines is 1. The number of amides is 1. The molecule has 80 valence electrons. The Morgan fingerprint density at radius 1 is 1.27 bits per heavy atom. The van der Waals surface area contributed by atoms with Gasteiger partial charge in [0, 0.05) is 22.4 Å². The largest absolute Gasteiger partial charge is 0.324 e. The second-order valence-electron chi connectivity index (χ2n) is 4.39. The van der Waals surface area contributed by atoms with Crippen molar-refractivity contribution in [1.82, 2.24) is 0 Å². The van der Waals surface area contributed by atoms with Crippen LogP contribution >= 0.6 is 23.2 Å². The zero-order chi connectivity index (χ0) is 11.2. The number of hydrogen-bond donors (Lipinski definition) is 1. The molecule has 0 spiro atoms. The molecule has 1 aliphatic rings. The number of benzene rings is 1. The van der Waals surface area contributed by atoms with Crippen molar-refractivity contribution < 1.29 is 4.79 Å². The smallest absolute Gasteiger partial charge is 0.225 e. The molecule has 0 bridgehead atoms. The highest BCUT2D eigenvalue weighted by molar-refractivity contribution is 6.37. The Kier molecular flexibility index (Phi) is 2.44. The van der Waals surface area contributed by atoms with Crippen LogP contribution in [0.2, 0.25) is 10.0 Å². The molecule has 1 heterocycles. The van der Waals surface area contributed by atoms with E-state index in [1.54, 1.807) is 12.1 Å². The summed E-state index contributed by atoms with van der Waals surface area (Å²) in [5.74, 6) is -0.0170.